The number of rotatable bonds is 5. The lowest BCUT2D eigenvalue weighted by molar-refractivity contribution is -0.192. The van der Waals surface area contributed by atoms with Crippen molar-refractivity contribution in [2.45, 2.75) is 64.7 Å². The van der Waals surface area contributed by atoms with Crippen molar-refractivity contribution in [1.82, 2.24) is 20.5 Å². The van der Waals surface area contributed by atoms with E-state index in [1.165, 1.54) is 17.3 Å². The highest BCUT2D eigenvalue weighted by Crippen LogP contribution is 2.32. The first-order valence-electron chi connectivity index (χ1n) is 11.9. The maximum absolute atomic E-state index is 13.6. The molecule has 3 rings (SSSR count). The molecule has 2 heterocycles. The zero-order valence-electron chi connectivity index (χ0n) is 22.5. The molecule has 0 aliphatic rings. The Labute approximate surface area is 224 Å². The largest absolute Gasteiger partial charge is 0.490 e. The minimum Gasteiger partial charge on any atom is -0.475 e. The fourth-order valence-electron chi connectivity index (χ4n) is 3.41. The molecule has 2 aromatic heterocycles. The Bertz CT molecular complexity index is 1250. The molecule has 1 aromatic carbocycles. The van der Waals surface area contributed by atoms with Crippen molar-refractivity contribution in [3.8, 4) is 0 Å². The number of pyridine rings is 1. The first-order valence-corrected chi connectivity index (χ1v) is 11.9. The van der Waals surface area contributed by atoms with E-state index < -0.39 is 23.7 Å². The molecule has 0 aliphatic carbocycles. The van der Waals surface area contributed by atoms with Gasteiger partial charge in [0.2, 0.25) is 5.91 Å². The fourth-order valence-corrected chi connectivity index (χ4v) is 3.41. The van der Waals surface area contributed by atoms with Gasteiger partial charge >= 0.3 is 12.1 Å². The zero-order chi connectivity index (χ0) is 29.6. The van der Waals surface area contributed by atoms with Crippen LogP contribution in [0.15, 0.2) is 61.2 Å². The number of carbonyl (C=O) groups excluding carboxylic acids is 2. The van der Waals surface area contributed by atoms with Crippen LogP contribution in [-0.2, 0) is 15.0 Å². The topological polar surface area (TPSA) is 128 Å². The lowest BCUT2D eigenvalue weighted by Gasteiger charge is -2.33. The lowest BCUT2D eigenvalue weighted by Crippen LogP contribution is -2.49. The summed E-state index contributed by atoms with van der Waals surface area (Å²) < 4.78 is 31.7. The quantitative estimate of drug-likeness (QED) is 0.411. The number of hydrogen-bond acceptors (Lipinski definition) is 5. The van der Waals surface area contributed by atoms with Gasteiger partial charge in [-0.2, -0.15) is 18.3 Å². The summed E-state index contributed by atoms with van der Waals surface area (Å²) in [4.78, 5) is 41.8. The van der Waals surface area contributed by atoms with Gasteiger partial charge in [0.15, 0.2) is 0 Å². The number of halogens is 3. The molecule has 3 aromatic rings. The summed E-state index contributed by atoms with van der Waals surface area (Å²) >= 11 is 0. The number of benzene rings is 1. The van der Waals surface area contributed by atoms with Crippen molar-refractivity contribution in [2.75, 3.05) is 4.90 Å². The third-order valence-corrected chi connectivity index (χ3v) is 5.22. The highest BCUT2D eigenvalue weighted by Gasteiger charge is 2.38. The Morgan fingerprint density at radius 2 is 1.56 bits per heavy atom. The number of carboxylic acids is 1. The molecule has 210 valence electrons. The Kier molecular flexibility index (Phi) is 9.61. The molecule has 3 N–H and O–H groups in total. The van der Waals surface area contributed by atoms with Crippen LogP contribution in [0.4, 0.5) is 18.9 Å². The second-order valence-electron chi connectivity index (χ2n) is 10.7. The van der Waals surface area contributed by atoms with Gasteiger partial charge in [-0.1, -0.05) is 39.0 Å². The normalized spacial score (nSPS) is 12.5. The van der Waals surface area contributed by atoms with Crippen LogP contribution in [0.1, 0.15) is 69.1 Å². The molecule has 0 radical (unpaired) electrons. The van der Waals surface area contributed by atoms with Crippen molar-refractivity contribution < 1.29 is 32.7 Å². The molecule has 1 unspecified atom stereocenters. The Morgan fingerprint density at radius 3 is 1.97 bits per heavy atom. The molecule has 0 saturated carbocycles. The van der Waals surface area contributed by atoms with Gasteiger partial charge in [0.05, 0.1) is 11.8 Å². The van der Waals surface area contributed by atoms with Crippen LogP contribution in [0.25, 0.3) is 0 Å². The van der Waals surface area contributed by atoms with E-state index in [-0.39, 0.29) is 17.2 Å². The van der Waals surface area contributed by atoms with Gasteiger partial charge in [-0.3, -0.25) is 24.6 Å². The fraction of sp³-hybridized carbons (Fsp3) is 0.370. The van der Waals surface area contributed by atoms with Gasteiger partial charge in [-0.25, -0.2) is 4.79 Å². The van der Waals surface area contributed by atoms with Gasteiger partial charge in [-0.05, 0) is 49.9 Å². The number of amides is 2. The van der Waals surface area contributed by atoms with Crippen molar-refractivity contribution >= 4 is 23.5 Å². The Hall–Kier alpha value is -4.22. The van der Waals surface area contributed by atoms with Crippen LogP contribution >= 0.6 is 0 Å². The number of nitrogens with one attached hydrogen (secondary N) is 2. The number of nitrogens with zero attached hydrogens (tertiary/aromatic N) is 3. The van der Waals surface area contributed by atoms with E-state index >= 15 is 0 Å². The molecule has 12 heteroatoms. The molecule has 0 saturated heterocycles. The van der Waals surface area contributed by atoms with Gasteiger partial charge in [0.1, 0.15) is 6.04 Å². The number of carboxylic acid groups (broad SMARTS) is 1. The highest BCUT2D eigenvalue weighted by molar-refractivity contribution is 6.10. The molecule has 0 spiro atoms. The first-order chi connectivity index (χ1) is 17.9. The van der Waals surface area contributed by atoms with Crippen molar-refractivity contribution in [2.24, 2.45) is 0 Å². The minimum atomic E-state index is -5.08. The molecule has 9 nitrogen and oxygen atoms in total. The second-order valence-corrected chi connectivity index (χ2v) is 10.7. The number of aromatic nitrogens is 3. The number of carbonyl (C=O) groups is 3. The third kappa shape index (κ3) is 8.94. The van der Waals surface area contributed by atoms with Crippen LogP contribution in [0.3, 0.4) is 0 Å². The minimum absolute atomic E-state index is 0.0374. The van der Waals surface area contributed by atoms with Crippen LogP contribution in [0.5, 0.6) is 0 Å². The molecule has 1 atom stereocenters. The first kappa shape index (κ1) is 31.0. The summed E-state index contributed by atoms with van der Waals surface area (Å²) in [5.74, 6) is -3.38. The summed E-state index contributed by atoms with van der Waals surface area (Å²) in [6, 6.07) is 10.4. The number of alkyl halides is 3. The van der Waals surface area contributed by atoms with E-state index in [0.717, 1.165) is 5.56 Å². The Morgan fingerprint density at radius 1 is 0.974 bits per heavy atom. The molecule has 0 aliphatic heterocycles. The average molecular weight is 548 g/mol. The van der Waals surface area contributed by atoms with Crippen LogP contribution < -0.4 is 10.2 Å². The van der Waals surface area contributed by atoms with E-state index in [1.54, 1.807) is 24.5 Å². The summed E-state index contributed by atoms with van der Waals surface area (Å²) in [5.41, 5.74) is 2.21. The van der Waals surface area contributed by atoms with E-state index in [1.807, 2.05) is 45.0 Å². The maximum atomic E-state index is 13.6. The van der Waals surface area contributed by atoms with Gasteiger partial charge in [0, 0.05) is 35.4 Å². The predicted octanol–water partition coefficient (Wildman–Crippen LogP) is 5.04. The molecular weight excluding hydrogens is 515 g/mol. The summed E-state index contributed by atoms with van der Waals surface area (Å²) in [6.07, 6.45) is 1.16. The van der Waals surface area contributed by atoms with E-state index in [0.29, 0.717) is 16.8 Å². The van der Waals surface area contributed by atoms with Crippen molar-refractivity contribution in [3.05, 3.63) is 77.9 Å². The predicted molar refractivity (Wildman–Crippen MR) is 139 cm³/mol. The number of aromatic amines is 1. The van der Waals surface area contributed by atoms with Gasteiger partial charge in [-0.15, -0.1) is 0 Å². The number of aliphatic carboxylic acids is 1. The number of hydrogen-bond donors (Lipinski definition) is 3. The SMILES string of the molecule is CC(C)(C)NC(=O)C(c1cccnc1)N(C(=O)c1cn[nH]c1)c1ccc(C(C)(C)C)cc1.O=C(O)C(F)(F)F. The van der Waals surface area contributed by atoms with Crippen LogP contribution in [0, 0.1) is 0 Å². The molecular formula is C27H32F3N5O4. The van der Waals surface area contributed by atoms with Crippen molar-refractivity contribution in [1.29, 1.82) is 0 Å². The van der Waals surface area contributed by atoms with Crippen molar-refractivity contribution in [3.63, 3.8) is 0 Å². The number of H-pyrrole nitrogens is 1. The summed E-state index contributed by atoms with van der Waals surface area (Å²) in [5, 5.41) is 16.7. The number of anilines is 1. The van der Waals surface area contributed by atoms with Gasteiger partial charge in [0.25, 0.3) is 5.91 Å². The lowest BCUT2D eigenvalue weighted by atomic mass is 9.87. The molecule has 2 amide bonds. The standard InChI is InChI=1S/C25H31N5O2.C2HF3O2/c1-24(2,3)19-9-11-20(12-10-19)30(23(32)18-15-27-28-16-18)21(17-8-7-13-26-14-17)22(31)29-25(4,5)6;3-2(4,5)1(6)7/h7-16,21H,1-6H3,(H,27,28)(H,29,31);(H,6,7). The third-order valence-electron chi connectivity index (χ3n) is 5.22. The summed E-state index contributed by atoms with van der Waals surface area (Å²) in [6.45, 7) is 12.1. The van der Waals surface area contributed by atoms with E-state index in [9.17, 15) is 22.8 Å². The second kappa shape index (κ2) is 12.1. The molecule has 0 fully saturated rings. The van der Waals surface area contributed by atoms with Gasteiger partial charge < -0.3 is 10.4 Å². The maximum Gasteiger partial charge on any atom is 0.490 e. The smallest absolute Gasteiger partial charge is 0.475 e. The monoisotopic (exact) mass is 547 g/mol. The van der Waals surface area contributed by atoms with Crippen LogP contribution in [0.2, 0.25) is 0 Å². The molecule has 0 bridgehead atoms. The van der Waals surface area contributed by atoms with E-state index in [2.05, 4.69) is 41.3 Å². The molecule has 39 heavy (non-hydrogen) atoms. The Balaban J connectivity index is 0.000000673. The average Bonchev–Trinajstić information content (AvgIpc) is 3.36. The summed E-state index contributed by atoms with van der Waals surface area (Å²) in [7, 11) is 0. The van der Waals surface area contributed by atoms with E-state index in [4.69, 9.17) is 9.90 Å². The zero-order valence-corrected chi connectivity index (χ0v) is 22.5. The highest BCUT2D eigenvalue weighted by atomic mass is 19.4. The van der Waals surface area contributed by atoms with Crippen LogP contribution in [-0.4, -0.2) is 49.8 Å².